The van der Waals surface area contributed by atoms with E-state index in [0.717, 1.165) is 5.56 Å². The lowest BCUT2D eigenvalue weighted by molar-refractivity contribution is 0.0947. The predicted octanol–water partition coefficient (Wildman–Crippen LogP) is 3.23. The first kappa shape index (κ1) is 18.3. The van der Waals surface area contributed by atoms with Crippen LogP contribution in [0, 0.1) is 5.82 Å². The lowest BCUT2D eigenvalue weighted by atomic mass is 10.1. The minimum atomic E-state index is -0.311. The molecule has 0 aliphatic rings. The molecule has 2 aromatic carbocycles. The largest absolute Gasteiger partial charge is 0.497 e. The van der Waals surface area contributed by atoms with Crippen molar-refractivity contribution in [3.05, 3.63) is 71.9 Å². The van der Waals surface area contributed by atoms with E-state index in [4.69, 9.17) is 9.47 Å². The minimum Gasteiger partial charge on any atom is -0.497 e. The van der Waals surface area contributed by atoms with Gasteiger partial charge in [0.15, 0.2) is 0 Å². The summed E-state index contributed by atoms with van der Waals surface area (Å²) in [6.07, 6.45) is 1.41. The van der Waals surface area contributed by atoms with Gasteiger partial charge in [-0.3, -0.25) is 4.79 Å². The molecular weight excluding hydrogens is 349 g/mol. The lowest BCUT2D eigenvalue weighted by Gasteiger charge is -2.11. The molecule has 0 saturated carbocycles. The summed E-state index contributed by atoms with van der Waals surface area (Å²) >= 11 is 0. The van der Waals surface area contributed by atoms with Crippen molar-refractivity contribution in [3.63, 3.8) is 0 Å². The number of benzene rings is 2. The zero-order valence-corrected chi connectivity index (χ0v) is 14.9. The Kier molecular flexibility index (Phi) is 5.61. The number of carbonyl (C=O) groups is 1. The summed E-state index contributed by atoms with van der Waals surface area (Å²) in [7, 11) is 3.03. The number of aromatic nitrogens is 2. The van der Waals surface area contributed by atoms with Crippen LogP contribution >= 0.6 is 0 Å². The number of rotatable bonds is 6. The molecule has 27 heavy (non-hydrogen) atoms. The third-order valence-electron chi connectivity index (χ3n) is 3.95. The van der Waals surface area contributed by atoms with Crippen LogP contribution in [0.3, 0.4) is 0 Å². The Morgan fingerprint density at radius 2 is 1.81 bits per heavy atom. The van der Waals surface area contributed by atoms with Crippen molar-refractivity contribution < 1.29 is 18.7 Å². The zero-order valence-electron chi connectivity index (χ0n) is 14.9. The highest BCUT2D eigenvalue weighted by molar-refractivity contribution is 5.97. The Balaban J connectivity index is 1.72. The molecule has 0 aliphatic heterocycles. The standard InChI is InChI=1S/C20H18FN3O3/c1-26-16-7-8-17(19(10-16)27-2)20(25)22-11-15-9-18(24-12-23-15)13-3-5-14(21)6-4-13/h3-10,12H,11H2,1-2H3,(H,22,25). The van der Waals surface area contributed by atoms with E-state index in [1.807, 2.05) is 0 Å². The molecule has 0 fully saturated rings. The van der Waals surface area contributed by atoms with Gasteiger partial charge in [-0.15, -0.1) is 0 Å². The Hall–Kier alpha value is -3.48. The minimum absolute atomic E-state index is 0.213. The maximum atomic E-state index is 13.1. The van der Waals surface area contributed by atoms with Crippen LogP contribution in [0.1, 0.15) is 16.1 Å². The van der Waals surface area contributed by atoms with Gasteiger partial charge in [0.25, 0.3) is 5.91 Å². The number of ether oxygens (including phenoxy) is 2. The van der Waals surface area contributed by atoms with E-state index in [0.29, 0.717) is 28.5 Å². The monoisotopic (exact) mass is 367 g/mol. The van der Waals surface area contributed by atoms with E-state index in [9.17, 15) is 9.18 Å². The molecule has 1 aromatic heterocycles. The van der Waals surface area contributed by atoms with Gasteiger partial charge in [0, 0.05) is 11.6 Å². The van der Waals surface area contributed by atoms with Gasteiger partial charge >= 0.3 is 0 Å². The van der Waals surface area contributed by atoms with Crippen molar-refractivity contribution in [2.75, 3.05) is 14.2 Å². The van der Waals surface area contributed by atoms with Gasteiger partial charge in [0.1, 0.15) is 23.6 Å². The number of nitrogens with zero attached hydrogens (tertiary/aromatic N) is 2. The number of amides is 1. The summed E-state index contributed by atoms with van der Waals surface area (Å²) in [6.45, 7) is 0.213. The number of hydrogen-bond acceptors (Lipinski definition) is 5. The van der Waals surface area contributed by atoms with Crippen molar-refractivity contribution in [1.29, 1.82) is 0 Å². The molecule has 0 saturated heterocycles. The summed E-state index contributed by atoms with van der Waals surface area (Å²) in [5.41, 5.74) is 2.44. The van der Waals surface area contributed by atoms with Crippen LogP contribution in [0.4, 0.5) is 4.39 Å². The molecule has 0 spiro atoms. The van der Waals surface area contributed by atoms with Gasteiger partial charge in [0.05, 0.1) is 37.7 Å². The van der Waals surface area contributed by atoms with Crippen LogP contribution in [0.25, 0.3) is 11.3 Å². The highest BCUT2D eigenvalue weighted by atomic mass is 19.1. The van der Waals surface area contributed by atoms with Crippen LogP contribution in [0.15, 0.2) is 54.9 Å². The first-order valence-corrected chi connectivity index (χ1v) is 8.18. The SMILES string of the molecule is COc1ccc(C(=O)NCc2cc(-c3ccc(F)cc3)ncn2)c(OC)c1. The molecule has 0 aliphatic carbocycles. The van der Waals surface area contributed by atoms with Gasteiger partial charge < -0.3 is 14.8 Å². The molecule has 0 atom stereocenters. The molecular formula is C20H18FN3O3. The first-order valence-electron chi connectivity index (χ1n) is 8.18. The number of halogens is 1. The van der Waals surface area contributed by atoms with E-state index < -0.39 is 0 Å². The third-order valence-corrected chi connectivity index (χ3v) is 3.95. The van der Waals surface area contributed by atoms with Crippen LogP contribution < -0.4 is 14.8 Å². The number of methoxy groups -OCH3 is 2. The highest BCUT2D eigenvalue weighted by Gasteiger charge is 2.13. The second-order valence-electron chi connectivity index (χ2n) is 5.65. The zero-order chi connectivity index (χ0) is 19.2. The van der Waals surface area contributed by atoms with Crippen LogP contribution in [0.5, 0.6) is 11.5 Å². The summed E-state index contributed by atoms with van der Waals surface area (Å²) in [6, 6.07) is 12.7. The molecule has 138 valence electrons. The quantitative estimate of drug-likeness (QED) is 0.724. The average Bonchev–Trinajstić information content (AvgIpc) is 2.72. The average molecular weight is 367 g/mol. The molecule has 1 N–H and O–H groups in total. The second-order valence-corrected chi connectivity index (χ2v) is 5.65. The van der Waals surface area contributed by atoms with Crippen molar-refractivity contribution in [1.82, 2.24) is 15.3 Å². The third kappa shape index (κ3) is 4.38. The van der Waals surface area contributed by atoms with E-state index in [1.165, 1.54) is 25.6 Å². The molecule has 1 amide bonds. The van der Waals surface area contributed by atoms with E-state index in [1.54, 1.807) is 43.5 Å². The maximum absolute atomic E-state index is 13.1. The fourth-order valence-electron chi connectivity index (χ4n) is 2.52. The van der Waals surface area contributed by atoms with E-state index in [2.05, 4.69) is 15.3 Å². The number of carbonyl (C=O) groups excluding carboxylic acids is 1. The number of hydrogen-bond donors (Lipinski definition) is 1. The molecule has 7 heteroatoms. The van der Waals surface area contributed by atoms with Crippen LogP contribution in [0.2, 0.25) is 0 Å². The second kappa shape index (κ2) is 8.27. The summed E-state index contributed by atoms with van der Waals surface area (Å²) < 4.78 is 23.4. The Bertz CT molecular complexity index is 945. The fraction of sp³-hybridized carbons (Fsp3) is 0.150. The van der Waals surface area contributed by atoms with Crippen molar-refractivity contribution in [2.24, 2.45) is 0 Å². The molecule has 1 heterocycles. The Morgan fingerprint density at radius 3 is 2.52 bits per heavy atom. The fourth-order valence-corrected chi connectivity index (χ4v) is 2.52. The molecule has 0 unspecified atom stereocenters. The summed E-state index contributed by atoms with van der Waals surface area (Å²) in [5, 5.41) is 2.81. The lowest BCUT2D eigenvalue weighted by Crippen LogP contribution is -2.24. The molecule has 0 radical (unpaired) electrons. The molecule has 3 rings (SSSR count). The van der Waals surface area contributed by atoms with Gasteiger partial charge in [-0.2, -0.15) is 0 Å². The maximum Gasteiger partial charge on any atom is 0.255 e. The van der Waals surface area contributed by atoms with Crippen LogP contribution in [-0.2, 0) is 6.54 Å². The molecule has 6 nitrogen and oxygen atoms in total. The van der Waals surface area contributed by atoms with Gasteiger partial charge in [-0.1, -0.05) is 0 Å². The van der Waals surface area contributed by atoms with Gasteiger partial charge in [-0.05, 0) is 42.5 Å². The van der Waals surface area contributed by atoms with Crippen molar-refractivity contribution >= 4 is 5.91 Å². The van der Waals surface area contributed by atoms with Gasteiger partial charge in [-0.25, -0.2) is 14.4 Å². The van der Waals surface area contributed by atoms with Crippen molar-refractivity contribution in [2.45, 2.75) is 6.54 Å². The predicted molar refractivity (Wildman–Crippen MR) is 98.1 cm³/mol. The number of nitrogens with one attached hydrogen (secondary N) is 1. The smallest absolute Gasteiger partial charge is 0.255 e. The molecule has 0 bridgehead atoms. The normalized spacial score (nSPS) is 10.3. The first-order chi connectivity index (χ1) is 13.1. The topological polar surface area (TPSA) is 73.3 Å². The highest BCUT2D eigenvalue weighted by Crippen LogP contribution is 2.24. The van der Waals surface area contributed by atoms with E-state index >= 15 is 0 Å². The summed E-state index contributed by atoms with van der Waals surface area (Å²) in [4.78, 5) is 20.8. The van der Waals surface area contributed by atoms with E-state index in [-0.39, 0.29) is 18.3 Å². The Labute approximate surface area is 156 Å². The summed E-state index contributed by atoms with van der Waals surface area (Å²) in [5.74, 6) is 0.412. The molecule has 3 aromatic rings. The Morgan fingerprint density at radius 1 is 1.04 bits per heavy atom. The van der Waals surface area contributed by atoms with Crippen LogP contribution in [-0.4, -0.2) is 30.1 Å². The van der Waals surface area contributed by atoms with Gasteiger partial charge in [0.2, 0.25) is 0 Å². The van der Waals surface area contributed by atoms with Crippen molar-refractivity contribution in [3.8, 4) is 22.8 Å².